The van der Waals surface area contributed by atoms with E-state index in [4.69, 9.17) is 16.3 Å². The zero-order chi connectivity index (χ0) is 16.1. The maximum absolute atomic E-state index is 12.2. The van der Waals surface area contributed by atoms with E-state index in [1.807, 2.05) is 50.2 Å². The van der Waals surface area contributed by atoms with Crippen molar-refractivity contribution in [3.63, 3.8) is 0 Å². The van der Waals surface area contributed by atoms with Crippen LogP contribution in [0.25, 0.3) is 0 Å². The van der Waals surface area contributed by atoms with Gasteiger partial charge in [-0.15, -0.1) is 0 Å². The molecule has 1 amide bonds. The predicted molar refractivity (Wildman–Crippen MR) is 89.3 cm³/mol. The standard InChI is InChI=1S/C18H20ClNO2/c1-12-11-16(9-10-17(12)19)22-14(3)18(21)20-13(2)15-7-5-4-6-8-15/h4-11,13-14H,1-3H3,(H,20,21). The number of rotatable bonds is 5. The number of benzene rings is 2. The van der Waals surface area contributed by atoms with Crippen molar-refractivity contribution in [3.05, 3.63) is 64.7 Å². The molecule has 22 heavy (non-hydrogen) atoms. The quantitative estimate of drug-likeness (QED) is 0.893. The van der Waals surface area contributed by atoms with Crippen molar-refractivity contribution in [1.29, 1.82) is 0 Å². The largest absolute Gasteiger partial charge is 0.481 e. The molecule has 0 heterocycles. The van der Waals surface area contributed by atoms with Gasteiger partial charge >= 0.3 is 0 Å². The number of carbonyl (C=O) groups excluding carboxylic acids is 1. The van der Waals surface area contributed by atoms with Gasteiger partial charge in [0.2, 0.25) is 0 Å². The van der Waals surface area contributed by atoms with Crippen molar-refractivity contribution in [1.82, 2.24) is 5.32 Å². The third-order valence-corrected chi connectivity index (χ3v) is 3.89. The van der Waals surface area contributed by atoms with E-state index in [0.29, 0.717) is 10.8 Å². The fourth-order valence-corrected chi connectivity index (χ4v) is 2.22. The number of aryl methyl sites for hydroxylation is 1. The van der Waals surface area contributed by atoms with Gasteiger partial charge in [0.25, 0.3) is 5.91 Å². The molecule has 0 spiro atoms. The van der Waals surface area contributed by atoms with E-state index in [1.165, 1.54) is 0 Å². The predicted octanol–water partition coefficient (Wildman–Crippen LogP) is 4.29. The number of carbonyl (C=O) groups is 1. The van der Waals surface area contributed by atoms with Crippen LogP contribution in [0.3, 0.4) is 0 Å². The van der Waals surface area contributed by atoms with Gasteiger partial charge in [0, 0.05) is 5.02 Å². The lowest BCUT2D eigenvalue weighted by Gasteiger charge is -2.19. The summed E-state index contributed by atoms with van der Waals surface area (Å²) in [7, 11) is 0. The van der Waals surface area contributed by atoms with Gasteiger partial charge in [0.05, 0.1) is 6.04 Å². The highest BCUT2D eigenvalue weighted by atomic mass is 35.5. The number of hydrogen-bond acceptors (Lipinski definition) is 2. The maximum atomic E-state index is 12.2. The lowest BCUT2D eigenvalue weighted by Crippen LogP contribution is -2.37. The first-order chi connectivity index (χ1) is 10.5. The Kier molecular flexibility index (Phi) is 5.45. The molecular formula is C18H20ClNO2. The Morgan fingerprint density at radius 2 is 1.82 bits per heavy atom. The molecule has 0 aliphatic heterocycles. The summed E-state index contributed by atoms with van der Waals surface area (Å²) in [5.41, 5.74) is 1.98. The minimum absolute atomic E-state index is 0.0632. The minimum Gasteiger partial charge on any atom is -0.481 e. The summed E-state index contributed by atoms with van der Waals surface area (Å²) < 4.78 is 5.68. The van der Waals surface area contributed by atoms with Crippen molar-refractivity contribution < 1.29 is 9.53 Å². The van der Waals surface area contributed by atoms with Gasteiger partial charge in [-0.2, -0.15) is 0 Å². The van der Waals surface area contributed by atoms with Crippen LogP contribution in [-0.4, -0.2) is 12.0 Å². The molecule has 2 aromatic rings. The molecule has 0 bridgehead atoms. The van der Waals surface area contributed by atoms with Crippen LogP contribution < -0.4 is 10.1 Å². The Morgan fingerprint density at radius 1 is 1.14 bits per heavy atom. The van der Waals surface area contributed by atoms with Crippen LogP contribution in [-0.2, 0) is 4.79 Å². The lowest BCUT2D eigenvalue weighted by molar-refractivity contribution is -0.127. The summed E-state index contributed by atoms with van der Waals surface area (Å²) >= 11 is 5.98. The first-order valence-electron chi connectivity index (χ1n) is 7.25. The van der Waals surface area contributed by atoms with Crippen LogP contribution in [0.4, 0.5) is 0 Å². The van der Waals surface area contributed by atoms with E-state index < -0.39 is 6.10 Å². The van der Waals surface area contributed by atoms with E-state index in [-0.39, 0.29) is 11.9 Å². The fourth-order valence-electron chi connectivity index (χ4n) is 2.10. The molecule has 1 N–H and O–H groups in total. The fraction of sp³-hybridized carbons (Fsp3) is 0.278. The van der Waals surface area contributed by atoms with Gasteiger partial charge in [-0.25, -0.2) is 0 Å². The molecule has 2 atom stereocenters. The Hall–Kier alpha value is -2.00. The first-order valence-corrected chi connectivity index (χ1v) is 7.63. The molecule has 0 fully saturated rings. The molecule has 2 rings (SSSR count). The zero-order valence-corrected chi connectivity index (χ0v) is 13.7. The van der Waals surface area contributed by atoms with Crippen LogP contribution in [0.2, 0.25) is 5.02 Å². The average Bonchev–Trinajstić information content (AvgIpc) is 2.51. The molecule has 116 valence electrons. The molecule has 0 aliphatic rings. The van der Waals surface area contributed by atoms with Gasteiger partial charge in [0.15, 0.2) is 6.10 Å². The molecule has 0 aliphatic carbocycles. The summed E-state index contributed by atoms with van der Waals surface area (Å²) in [6.45, 7) is 5.58. The monoisotopic (exact) mass is 317 g/mol. The second kappa shape index (κ2) is 7.32. The smallest absolute Gasteiger partial charge is 0.261 e. The third-order valence-electron chi connectivity index (χ3n) is 3.47. The number of ether oxygens (including phenoxy) is 1. The van der Waals surface area contributed by atoms with Gasteiger partial charge < -0.3 is 10.1 Å². The van der Waals surface area contributed by atoms with Gasteiger partial charge in [-0.1, -0.05) is 41.9 Å². The first kappa shape index (κ1) is 16.4. The minimum atomic E-state index is -0.577. The normalized spacial score (nSPS) is 13.3. The van der Waals surface area contributed by atoms with Gasteiger partial charge in [-0.05, 0) is 50.1 Å². The summed E-state index contributed by atoms with van der Waals surface area (Å²) in [4.78, 5) is 12.2. The highest BCUT2D eigenvalue weighted by molar-refractivity contribution is 6.31. The van der Waals surface area contributed by atoms with Crippen LogP contribution in [0.5, 0.6) is 5.75 Å². The van der Waals surface area contributed by atoms with Crippen molar-refractivity contribution in [3.8, 4) is 5.75 Å². The van der Waals surface area contributed by atoms with Gasteiger partial charge in [0.1, 0.15) is 5.75 Å². The molecule has 0 radical (unpaired) electrons. The Morgan fingerprint density at radius 3 is 2.45 bits per heavy atom. The Bertz CT molecular complexity index is 643. The summed E-state index contributed by atoms with van der Waals surface area (Å²) in [6, 6.07) is 15.1. The summed E-state index contributed by atoms with van der Waals surface area (Å²) in [5.74, 6) is 0.487. The van der Waals surface area contributed by atoms with Crippen LogP contribution >= 0.6 is 11.6 Å². The zero-order valence-electron chi connectivity index (χ0n) is 13.0. The van der Waals surface area contributed by atoms with Crippen LogP contribution in [0, 0.1) is 6.92 Å². The lowest BCUT2D eigenvalue weighted by atomic mass is 10.1. The topological polar surface area (TPSA) is 38.3 Å². The van der Waals surface area contributed by atoms with Crippen LogP contribution in [0.1, 0.15) is 31.0 Å². The number of halogens is 1. The maximum Gasteiger partial charge on any atom is 0.261 e. The number of hydrogen-bond donors (Lipinski definition) is 1. The summed E-state index contributed by atoms with van der Waals surface area (Å²) in [5, 5.41) is 3.63. The highest BCUT2D eigenvalue weighted by Crippen LogP contribution is 2.22. The molecule has 2 aromatic carbocycles. The molecule has 4 heteroatoms. The van der Waals surface area contributed by atoms with E-state index in [0.717, 1.165) is 11.1 Å². The van der Waals surface area contributed by atoms with Crippen LogP contribution in [0.15, 0.2) is 48.5 Å². The van der Waals surface area contributed by atoms with E-state index >= 15 is 0 Å². The van der Waals surface area contributed by atoms with E-state index in [9.17, 15) is 4.79 Å². The molecule has 3 nitrogen and oxygen atoms in total. The van der Waals surface area contributed by atoms with Crippen molar-refractivity contribution in [2.75, 3.05) is 0 Å². The van der Waals surface area contributed by atoms with E-state index in [2.05, 4.69) is 5.32 Å². The molecular weight excluding hydrogens is 298 g/mol. The molecule has 0 saturated carbocycles. The molecule has 0 saturated heterocycles. The SMILES string of the molecule is Cc1cc(OC(C)C(=O)NC(C)c2ccccc2)ccc1Cl. The second-order valence-corrected chi connectivity index (χ2v) is 5.72. The molecule has 0 aromatic heterocycles. The van der Waals surface area contributed by atoms with Crippen molar-refractivity contribution in [2.24, 2.45) is 0 Å². The van der Waals surface area contributed by atoms with E-state index in [1.54, 1.807) is 19.1 Å². The van der Waals surface area contributed by atoms with Gasteiger partial charge in [-0.3, -0.25) is 4.79 Å². The second-order valence-electron chi connectivity index (χ2n) is 5.31. The van der Waals surface area contributed by atoms with Crippen molar-refractivity contribution in [2.45, 2.75) is 32.9 Å². The summed E-state index contributed by atoms with van der Waals surface area (Å²) in [6.07, 6.45) is -0.577. The Balaban J connectivity index is 1.95. The highest BCUT2D eigenvalue weighted by Gasteiger charge is 2.17. The number of nitrogens with one attached hydrogen (secondary N) is 1. The Labute approximate surface area is 136 Å². The average molecular weight is 318 g/mol. The number of amides is 1. The van der Waals surface area contributed by atoms with Crippen molar-refractivity contribution >= 4 is 17.5 Å². The third kappa shape index (κ3) is 4.25. The molecule has 2 unspecified atom stereocenters.